The van der Waals surface area contributed by atoms with Crippen molar-refractivity contribution in [1.29, 1.82) is 0 Å². The summed E-state index contributed by atoms with van der Waals surface area (Å²) in [5.74, 6) is 0.654. The Hall–Kier alpha value is -0.450. The standard InChI is InChI=1S/C12H23N3S/c1-3-10(9-13)5-6-14-11(4-2)12-15-7-8-16-12/h7-8,10-11,14H,3-6,9,13H2,1-2H3. The van der Waals surface area contributed by atoms with E-state index in [-0.39, 0.29) is 0 Å². The lowest BCUT2D eigenvalue weighted by Gasteiger charge is -2.17. The highest BCUT2D eigenvalue weighted by Gasteiger charge is 2.11. The molecule has 1 aromatic rings. The van der Waals surface area contributed by atoms with Gasteiger partial charge in [0, 0.05) is 11.6 Å². The fourth-order valence-corrected chi connectivity index (χ4v) is 2.56. The lowest BCUT2D eigenvalue weighted by Crippen LogP contribution is -2.25. The highest BCUT2D eigenvalue weighted by molar-refractivity contribution is 7.09. The minimum atomic E-state index is 0.412. The molecule has 0 aliphatic heterocycles. The summed E-state index contributed by atoms with van der Waals surface area (Å²) in [6.07, 6.45) is 5.30. The molecule has 16 heavy (non-hydrogen) atoms. The highest BCUT2D eigenvalue weighted by Crippen LogP contribution is 2.18. The molecule has 1 heterocycles. The third-order valence-corrected chi connectivity index (χ3v) is 3.90. The molecule has 3 nitrogen and oxygen atoms in total. The van der Waals surface area contributed by atoms with E-state index in [2.05, 4.69) is 24.1 Å². The number of rotatable bonds is 8. The quantitative estimate of drug-likeness (QED) is 0.735. The summed E-state index contributed by atoms with van der Waals surface area (Å²) in [7, 11) is 0. The summed E-state index contributed by atoms with van der Waals surface area (Å²) in [5, 5.41) is 6.80. The van der Waals surface area contributed by atoms with Gasteiger partial charge in [0.1, 0.15) is 5.01 Å². The normalized spacial score (nSPS) is 14.9. The van der Waals surface area contributed by atoms with Crippen LogP contribution in [0, 0.1) is 5.92 Å². The molecule has 0 spiro atoms. The predicted molar refractivity (Wildman–Crippen MR) is 70.6 cm³/mol. The zero-order chi connectivity index (χ0) is 11.8. The van der Waals surface area contributed by atoms with E-state index < -0.39 is 0 Å². The van der Waals surface area contributed by atoms with Crippen LogP contribution in [-0.4, -0.2) is 18.1 Å². The molecule has 0 aliphatic carbocycles. The molecule has 0 fully saturated rings. The minimum Gasteiger partial charge on any atom is -0.330 e. The van der Waals surface area contributed by atoms with Gasteiger partial charge in [0.15, 0.2) is 0 Å². The number of hydrogen-bond acceptors (Lipinski definition) is 4. The Morgan fingerprint density at radius 3 is 2.75 bits per heavy atom. The van der Waals surface area contributed by atoms with E-state index in [1.807, 2.05) is 11.6 Å². The Labute approximate surface area is 102 Å². The summed E-state index contributed by atoms with van der Waals surface area (Å²) < 4.78 is 0. The first-order chi connectivity index (χ1) is 7.81. The molecule has 0 amide bonds. The highest BCUT2D eigenvalue weighted by atomic mass is 32.1. The predicted octanol–water partition coefficient (Wildman–Crippen LogP) is 2.56. The van der Waals surface area contributed by atoms with Gasteiger partial charge in [0.25, 0.3) is 0 Å². The van der Waals surface area contributed by atoms with Crippen molar-refractivity contribution in [3.05, 3.63) is 16.6 Å². The molecule has 92 valence electrons. The van der Waals surface area contributed by atoms with Crippen molar-refractivity contribution >= 4 is 11.3 Å². The van der Waals surface area contributed by atoms with Gasteiger partial charge in [-0.05, 0) is 31.8 Å². The first-order valence-electron chi connectivity index (χ1n) is 6.14. The summed E-state index contributed by atoms with van der Waals surface area (Å²) in [5.41, 5.74) is 5.69. The Bertz CT molecular complexity index is 257. The van der Waals surface area contributed by atoms with Crippen LogP contribution in [0.4, 0.5) is 0 Å². The monoisotopic (exact) mass is 241 g/mol. The van der Waals surface area contributed by atoms with Crippen molar-refractivity contribution < 1.29 is 0 Å². The first kappa shape index (κ1) is 13.6. The average Bonchev–Trinajstić information content (AvgIpc) is 2.83. The molecule has 0 radical (unpaired) electrons. The second-order valence-electron chi connectivity index (χ2n) is 4.08. The van der Waals surface area contributed by atoms with Gasteiger partial charge in [-0.1, -0.05) is 20.3 Å². The van der Waals surface area contributed by atoms with Gasteiger partial charge in [-0.25, -0.2) is 4.98 Å². The van der Waals surface area contributed by atoms with E-state index in [1.165, 1.54) is 11.4 Å². The molecular weight excluding hydrogens is 218 g/mol. The minimum absolute atomic E-state index is 0.412. The van der Waals surface area contributed by atoms with Crippen LogP contribution in [0.3, 0.4) is 0 Å². The van der Waals surface area contributed by atoms with Crippen molar-refractivity contribution in [1.82, 2.24) is 10.3 Å². The Morgan fingerprint density at radius 1 is 1.44 bits per heavy atom. The van der Waals surface area contributed by atoms with E-state index in [0.717, 1.165) is 25.9 Å². The molecule has 1 aromatic heterocycles. The van der Waals surface area contributed by atoms with Gasteiger partial charge in [-0.15, -0.1) is 11.3 Å². The Balaban J connectivity index is 2.30. The summed E-state index contributed by atoms with van der Waals surface area (Å²) in [6.45, 7) is 6.23. The van der Waals surface area contributed by atoms with E-state index >= 15 is 0 Å². The lowest BCUT2D eigenvalue weighted by atomic mass is 10.0. The Kier molecular flexibility index (Phi) is 6.61. The van der Waals surface area contributed by atoms with Crippen LogP contribution < -0.4 is 11.1 Å². The number of nitrogens with one attached hydrogen (secondary N) is 1. The van der Waals surface area contributed by atoms with Crippen LogP contribution >= 0.6 is 11.3 Å². The first-order valence-corrected chi connectivity index (χ1v) is 7.02. The van der Waals surface area contributed by atoms with E-state index in [4.69, 9.17) is 5.73 Å². The van der Waals surface area contributed by atoms with Crippen molar-refractivity contribution in [3.8, 4) is 0 Å². The van der Waals surface area contributed by atoms with Crippen molar-refractivity contribution in [2.45, 2.75) is 39.2 Å². The molecule has 1 rings (SSSR count). The summed E-state index contributed by atoms with van der Waals surface area (Å²) >= 11 is 1.73. The number of aromatic nitrogens is 1. The topological polar surface area (TPSA) is 50.9 Å². The van der Waals surface area contributed by atoms with Gasteiger partial charge in [-0.2, -0.15) is 0 Å². The lowest BCUT2D eigenvalue weighted by molar-refractivity contribution is 0.428. The van der Waals surface area contributed by atoms with Gasteiger partial charge >= 0.3 is 0 Å². The smallest absolute Gasteiger partial charge is 0.109 e. The molecule has 0 aliphatic rings. The van der Waals surface area contributed by atoms with Gasteiger partial charge < -0.3 is 11.1 Å². The fraction of sp³-hybridized carbons (Fsp3) is 0.750. The van der Waals surface area contributed by atoms with Crippen molar-refractivity contribution in [2.75, 3.05) is 13.1 Å². The van der Waals surface area contributed by atoms with E-state index in [1.54, 1.807) is 11.3 Å². The van der Waals surface area contributed by atoms with Gasteiger partial charge in [0.2, 0.25) is 0 Å². The molecule has 0 aromatic carbocycles. The molecular formula is C12H23N3S. The van der Waals surface area contributed by atoms with Gasteiger partial charge in [-0.3, -0.25) is 0 Å². The van der Waals surface area contributed by atoms with Crippen LogP contribution in [0.15, 0.2) is 11.6 Å². The molecule has 3 N–H and O–H groups in total. The Morgan fingerprint density at radius 2 is 2.25 bits per heavy atom. The molecule has 0 saturated carbocycles. The average molecular weight is 241 g/mol. The zero-order valence-corrected chi connectivity index (χ0v) is 11.1. The van der Waals surface area contributed by atoms with Crippen LogP contribution in [0.25, 0.3) is 0 Å². The number of nitrogens with two attached hydrogens (primary N) is 1. The van der Waals surface area contributed by atoms with E-state index in [9.17, 15) is 0 Å². The molecule has 4 heteroatoms. The van der Waals surface area contributed by atoms with Crippen LogP contribution in [0.2, 0.25) is 0 Å². The summed E-state index contributed by atoms with van der Waals surface area (Å²) in [4.78, 5) is 4.36. The molecule has 0 bridgehead atoms. The summed E-state index contributed by atoms with van der Waals surface area (Å²) in [6, 6.07) is 0.412. The number of nitrogens with zero attached hydrogens (tertiary/aromatic N) is 1. The van der Waals surface area contributed by atoms with Crippen molar-refractivity contribution in [3.63, 3.8) is 0 Å². The third kappa shape index (κ3) is 4.20. The zero-order valence-electron chi connectivity index (χ0n) is 10.3. The maximum atomic E-state index is 5.69. The molecule has 2 atom stereocenters. The van der Waals surface area contributed by atoms with Crippen molar-refractivity contribution in [2.24, 2.45) is 11.7 Å². The van der Waals surface area contributed by atoms with Gasteiger partial charge in [0.05, 0.1) is 6.04 Å². The van der Waals surface area contributed by atoms with Crippen LogP contribution in [0.5, 0.6) is 0 Å². The maximum absolute atomic E-state index is 5.69. The molecule has 2 unspecified atom stereocenters. The SMILES string of the molecule is CCC(CN)CCNC(CC)c1nccs1. The number of hydrogen-bond donors (Lipinski definition) is 2. The second-order valence-corrected chi connectivity index (χ2v) is 5.01. The van der Waals surface area contributed by atoms with Crippen LogP contribution in [0.1, 0.15) is 44.2 Å². The number of thiazole rings is 1. The van der Waals surface area contributed by atoms with E-state index in [0.29, 0.717) is 12.0 Å². The molecule has 0 saturated heterocycles. The maximum Gasteiger partial charge on any atom is 0.109 e. The third-order valence-electron chi connectivity index (χ3n) is 3.01. The van der Waals surface area contributed by atoms with Crippen LogP contribution in [-0.2, 0) is 0 Å². The largest absolute Gasteiger partial charge is 0.330 e. The fourth-order valence-electron chi connectivity index (χ4n) is 1.76. The second kappa shape index (κ2) is 7.76.